The predicted molar refractivity (Wildman–Crippen MR) is 190 cm³/mol. The average molecular weight is 620 g/mol. The van der Waals surface area contributed by atoms with E-state index in [1.165, 1.54) is 135 Å². The molecular weight excluding hydrogens is 546 g/mol. The van der Waals surface area contributed by atoms with Crippen molar-refractivity contribution in [3.8, 4) is 0 Å². The van der Waals surface area contributed by atoms with Gasteiger partial charge in [-0.25, -0.2) is 0 Å². The van der Waals surface area contributed by atoms with Crippen LogP contribution in [0.1, 0.15) is 181 Å². The topological polar surface area (TPSA) is 89.8 Å². The lowest BCUT2D eigenvalue weighted by Gasteiger charge is -2.21. The number of aliphatic hydroxyl groups excluding tert-OH is 3. The average Bonchev–Trinajstić information content (AvgIpc) is 3.03. The smallest absolute Gasteiger partial charge is 0.249 e. The van der Waals surface area contributed by atoms with Crippen molar-refractivity contribution in [3.05, 3.63) is 36.5 Å². The molecule has 0 aliphatic heterocycles. The third-order valence-corrected chi connectivity index (χ3v) is 8.49. The van der Waals surface area contributed by atoms with Gasteiger partial charge in [0.25, 0.3) is 0 Å². The molecule has 3 unspecified atom stereocenters. The zero-order valence-corrected chi connectivity index (χ0v) is 29.0. The van der Waals surface area contributed by atoms with Crippen LogP contribution < -0.4 is 5.32 Å². The van der Waals surface area contributed by atoms with Gasteiger partial charge in [0.1, 0.15) is 6.10 Å². The van der Waals surface area contributed by atoms with E-state index in [-0.39, 0.29) is 13.0 Å². The van der Waals surface area contributed by atoms with E-state index in [1.54, 1.807) is 6.08 Å². The van der Waals surface area contributed by atoms with Crippen molar-refractivity contribution >= 4 is 5.91 Å². The van der Waals surface area contributed by atoms with E-state index in [0.717, 1.165) is 25.7 Å². The maximum atomic E-state index is 12.3. The van der Waals surface area contributed by atoms with Gasteiger partial charge in [-0.1, -0.05) is 179 Å². The number of unbranched alkanes of at least 4 members (excludes halogenated alkanes) is 22. The Bertz CT molecular complexity index is 690. The SMILES string of the molecule is CCCCCCCC/C=C\C/C=C\CC(O)C(=O)NC(CO)C(O)/C=C/CCCCCCCCCCCCCCCCCC. The summed E-state index contributed by atoms with van der Waals surface area (Å²) in [5, 5.41) is 32.8. The molecule has 0 rings (SSSR count). The van der Waals surface area contributed by atoms with Gasteiger partial charge < -0.3 is 20.6 Å². The molecule has 0 spiro atoms. The van der Waals surface area contributed by atoms with Crippen LogP contribution in [0.15, 0.2) is 36.5 Å². The van der Waals surface area contributed by atoms with Gasteiger partial charge in [-0.15, -0.1) is 0 Å². The van der Waals surface area contributed by atoms with Crippen molar-refractivity contribution < 1.29 is 20.1 Å². The van der Waals surface area contributed by atoms with E-state index in [4.69, 9.17) is 0 Å². The lowest BCUT2D eigenvalue weighted by atomic mass is 10.0. The number of allylic oxidation sites excluding steroid dienone is 4. The summed E-state index contributed by atoms with van der Waals surface area (Å²) in [7, 11) is 0. The molecule has 3 atom stereocenters. The standard InChI is InChI=1S/C39H73NO4/c1-3-5-7-9-11-13-15-17-18-19-20-21-22-24-25-27-29-31-33-37(42)36(35-41)40-39(44)38(43)34-32-30-28-26-23-16-14-12-10-8-6-4-2/h23,26,30-33,36-38,41-43H,3-22,24-25,27-29,34-35H2,1-2H3,(H,40,44)/b26-23-,32-30-,33-31+. The third-order valence-electron chi connectivity index (χ3n) is 8.49. The normalized spacial score (nSPS) is 14.2. The molecule has 0 aliphatic carbocycles. The Morgan fingerprint density at radius 2 is 0.977 bits per heavy atom. The fourth-order valence-electron chi connectivity index (χ4n) is 5.46. The Hall–Kier alpha value is -1.43. The van der Waals surface area contributed by atoms with Crippen molar-refractivity contribution in [3.63, 3.8) is 0 Å². The Labute approximate surface area is 273 Å². The molecule has 0 saturated heterocycles. The molecule has 0 aromatic heterocycles. The summed E-state index contributed by atoms with van der Waals surface area (Å²) in [5.41, 5.74) is 0. The highest BCUT2D eigenvalue weighted by Crippen LogP contribution is 2.14. The molecule has 0 aliphatic rings. The number of hydrogen-bond donors (Lipinski definition) is 4. The Morgan fingerprint density at radius 1 is 0.568 bits per heavy atom. The van der Waals surface area contributed by atoms with E-state index in [0.29, 0.717) is 0 Å². The largest absolute Gasteiger partial charge is 0.394 e. The number of aliphatic hydroxyl groups is 3. The highest BCUT2D eigenvalue weighted by atomic mass is 16.3. The Kier molecular flexibility index (Phi) is 33.3. The minimum absolute atomic E-state index is 0.209. The van der Waals surface area contributed by atoms with Crippen LogP contribution in [0.4, 0.5) is 0 Å². The van der Waals surface area contributed by atoms with Gasteiger partial charge in [0.2, 0.25) is 5.91 Å². The molecule has 0 aromatic carbocycles. The first-order valence-electron chi connectivity index (χ1n) is 18.8. The number of amides is 1. The summed E-state index contributed by atoms with van der Waals surface area (Å²) in [4.78, 5) is 12.3. The van der Waals surface area contributed by atoms with Gasteiger partial charge in [0, 0.05) is 6.42 Å². The number of rotatable bonds is 33. The summed E-state index contributed by atoms with van der Waals surface area (Å²) in [5.74, 6) is -0.572. The van der Waals surface area contributed by atoms with Gasteiger partial charge in [-0.05, 0) is 32.1 Å². The van der Waals surface area contributed by atoms with Gasteiger partial charge in [0.05, 0.1) is 18.8 Å². The Morgan fingerprint density at radius 3 is 1.43 bits per heavy atom. The molecule has 258 valence electrons. The first-order chi connectivity index (χ1) is 21.6. The van der Waals surface area contributed by atoms with Crippen LogP contribution in [0, 0.1) is 0 Å². The molecule has 1 amide bonds. The second kappa shape index (κ2) is 34.4. The molecular formula is C39H73NO4. The van der Waals surface area contributed by atoms with Gasteiger partial charge >= 0.3 is 0 Å². The number of carbonyl (C=O) groups excluding carboxylic acids is 1. The molecule has 0 bridgehead atoms. The molecule has 4 N–H and O–H groups in total. The quantitative estimate of drug-likeness (QED) is 0.0435. The van der Waals surface area contributed by atoms with Gasteiger partial charge in [0.15, 0.2) is 0 Å². The maximum Gasteiger partial charge on any atom is 0.249 e. The highest BCUT2D eigenvalue weighted by molar-refractivity contribution is 5.81. The lowest BCUT2D eigenvalue weighted by molar-refractivity contribution is -0.131. The lowest BCUT2D eigenvalue weighted by Crippen LogP contribution is -2.48. The maximum absolute atomic E-state index is 12.3. The molecule has 5 heteroatoms. The molecule has 44 heavy (non-hydrogen) atoms. The third kappa shape index (κ3) is 29.3. The summed E-state index contributed by atoms with van der Waals surface area (Å²) in [6.45, 7) is 4.12. The van der Waals surface area contributed by atoms with Crippen LogP contribution >= 0.6 is 0 Å². The molecule has 0 heterocycles. The van der Waals surface area contributed by atoms with Gasteiger partial charge in [-0.3, -0.25) is 4.79 Å². The van der Waals surface area contributed by atoms with Gasteiger partial charge in [-0.2, -0.15) is 0 Å². The van der Waals surface area contributed by atoms with E-state index in [9.17, 15) is 20.1 Å². The van der Waals surface area contributed by atoms with Crippen LogP contribution in [-0.4, -0.2) is 46.1 Å². The molecule has 5 nitrogen and oxygen atoms in total. The van der Waals surface area contributed by atoms with Crippen molar-refractivity contribution in [2.75, 3.05) is 6.61 Å². The van der Waals surface area contributed by atoms with Crippen LogP contribution in [0.3, 0.4) is 0 Å². The molecule has 0 radical (unpaired) electrons. The summed E-state index contributed by atoms with van der Waals surface area (Å²) < 4.78 is 0. The number of nitrogens with one attached hydrogen (secondary N) is 1. The van der Waals surface area contributed by atoms with Crippen LogP contribution in [0.25, 0.3) is 0 Å². The van der Waals surface area contributed by atoms with E-state index >= 15 is 0 Å². The number of hydrogen-bond acceptors (Lipinski definition) is 4. The summed E-state index contributed by atoms with van der Waals surface area (Å²) in [6, 6.07) is -0.826. The summed E-state index contributed by atoms with van der Waals surface area (Å²) >= 11 is 0. The molecule has 0 saturated carbocycles. The van der Waals surface area contributed by atoms with Crippen LogP contribution in [0.2, 0.25) is 0 Å². The zero-order valence-electron chi connectivity index (χ0n) is 29.0. The van der Waals surface area contributed by atoms with Crippen molar-refractivity contribution in [2.24, 2.45) is 0 Å². The van der Waals surface area contributed by atoms with E-state index in [2.05, 4.69) is 31.3 Å². The van der Waals surface area contributed by atoms with Crippen molar-refractivity contribution in [2.45, 2.75) is 199 Å². The van der Waals surface area contributed by atoms with Crippen LogP contribution in [0.5, 0.6) is 0 Å². The monoisotopic (exact) mass is 620 g/mol. The first kappa shape index (κ1) is 42.6. The Balaban J connectivity index is 3.80. The second-order valence-corrected chi connectivity index (χ2v) is 12.8. The zero-order chi connectivity index (χ0) is 32.4. The minimum Gasteiger partial charge on any atom is -0.394 e. The predicted octanol–water partition coefficient (Wildman–Crippen LogP) is 10.0. The molecule has 0 aromatic rings. The highest BCUT2D eigenvalue weighted by Gasteiger charge is 2.22. The second-order valence-electron chi connectivity index (χ2n) is 12.8. The van der Waals surface area contributed by atoms with E-state index < -0.39 is 24.2 Å². The van der Waals surface area contributed by atoms with Crippen molar-refractivity contribution in [1.82, 2.24) is 5.32 Å². The fourth-order valence-corrected chi connectivity index (χ4v) is 5.46. The fraction of sp³-hybridized carbons (Fsp3) is 0.821. The van der Waals surface area contributed by atoms with Crippen LogP contribution in [-0.2, 0) is 4.79 Å². The first-order valence-corrected chi connectivity index (χ1v) is 18.8. The van der Waals surface area contributed by atoms with Crippen molar-refractivity contribution in [1.29, 1.82) is 0 Å². The van der Waals surface area contributed by atoms with E-state index in [1.807, 2.05) is 18.2 Å². The number of carbonyl (C=O) groups is 1. The summed E-state index contributed by atoms with van der Waals surface area (Å²) in [6.07, 6.45) is 41.8. The minimum atomic E-state index is -1.20. The molecule has 0 fully saturated rings.